The first-order valence-electron chi connectivity index (χ1n) is 6.05. The maximum atomic E-state index is 11.1. The van der Waals surface area contributed by atoms with Crippen molar-refractivity contribution in [2.75, 3.05) is 0 Å². The molecule has 0 bridgehead atoms. The van der Waals surface area contributed by atoms with Crippen molar-refractivity contribution in [2.24, 2.45) is 0 Å². The van der Waals surface area contributed by atoms with Gasteiger partial charge in [-0.3, -0.25) is 4.79 Å². The highest BCUT2D eigenvalue weighted by atomic mass is 33.1. The van der Waals surface area contributed by atoms with Crippen LogP contribution < -0.4 is 0 Å². The van der Waals surface area contributed by atoms with Crippen LogP contribution in [0.4, 0.5) is 0 Å². The SMILES string of the molecule is C=CC(=O)SSCc1ccc(Sc2ccccc2)cc1. The van der Waals surface area contributed by atoms with Crippen molar-refractivity contribution >= 4 is 38.5 Å². The molecule has 0 fully saturated rings. The molecule has 2 rings (SSSR count). The molecular formula is C16H14OS3. The minimum absolute atomic E-state index is 0.00579. The van der Waals surface area contributed by atoms with Crippen molar-refractivity contribution in [1.82, 2.24) is 0 Å². The number of hydrogen-bond acceptors (Lipinski definition) is 4. The molecule has 0 atom stereocenters. The molecule has 4 heteroatoms. The third kappa shape index (κ3) is 5.12. The molecule has 0 aliphatic heterocycles. The fraction of sp³-hybridized carbons (Fsp3) is 0.0625. The second kappa shape index (κ2) is 8.25. The normalized spacial score (nSPS) is 10.2. The number of carbonyl (C=O) groups excluding carboxylic acids is 1. The van der Waals surface area contributed by atoms with E-state index in [0.29, 0.717) is 0 Å². The van der Waals surface area contributed by atoms with E-state index < -0.39 is 0 Å². The van der Waals surface area contributed by atoms with E-state index in [1.165, 1.54) is 43.0 Å². The molecule has 20 heavy (non-hydrogen) atoms. The summed E-state index contributed by atoms with van der Waals surface area (Å²) in [6.07, 6.45) is 1.34. The average Bonchev–Trinajstić information content (AvgIpc) is 2.50. The van der Waals surface area contributed by atoms with E-state index in [0.717, 1.165) is 5.75 Å². The van der Waals surface area contributed by atoms with Crippen LogP contribution in [0.3, 0.4) is 0 Å². The van der Waals surface area contributed by atoms with Gasteiger partial charge in [0.25, 0.3) is 0 Å². The van der Waals surface area contributed by atoms with E-state index in [1.54, 1.807) is 11.8 Å². The topological polar surface area (TPSA) is 17.1 Å². The highest BCUT2D eigenvalue weighted by Gasteiger charge is 2.00. The summed E-state index contributed by atoms with van der Waals surface area (Å²) in [5, 5.41) is 0.00579. The molecule has 0 N–H and O–H groups in total. The van der Waals surface area contributed by atoms with Gasteiger partial charge in [-0.05, 0) is 46.7 Å². The van der Waals surface area contributed by atoms with Gasteiger partial charge in [0.05, 0.1) is 0 Å². The highest BCUT2D eigenvalue weighted by Crippen LogP contribution is 2.30. The lowest BCUT2D eigenvalue weighted by atomic mass is 10.2. The van der Waals surface area contributed by atoms with Gasteiger partial charge in [0.1, 0.15) is 0 Å². The van der Waals surface area contributed by atoms with E-state index in [2.05, 4.69) is 43.0 Å². The van der Waals surface area contributed by atoms with Crippen molar-refractivity contribution in [3.05, 3.63) is 72.8 Å². The molecule has 0 saturated carbocycles. The van der Waals surface area contributed by atoms with Crippen LogP contribution in [-0.2, 0) is 10.5 Å². The lowest BCUT2D eigenvalue weighted by Crippen LogP contribution is -1.82. The molecule has 1 nitrogen and oxygen atoms in total. The number of rotatable bonds is 6. The Morgan fingerprint density at radius 2 is 1.65 bits per heavy atom. The molecule has 0 heterocycles. The van der Waals surface area contributed by atoms with Crippen LogP contribution in [0.5, 0.6) is 0 Å². The van der Waals surface area contributed by atoms with Gasteiger partial charge in [0.15, 0.2) is 0 Å². The summed E-state index contributed by atoms with van der Waals surface area (Å²) >= 11 is 1.75. The predicted molar refractivity (Wildman–Crippen MR) is 91.1 cm³/mol. The van der Waals surface area contributed by atoms with E-state index >= 15 is 0 Å². The zero-order chi connectivity index (χ0) is 14.2. The van der Waals surface area contributed by atoms with Crippen LogP contribution in [0.2, 0.25) is 0 Å². The van der Waals surface area contributed by atoms with Gasteiger partial charge in [-0.1, -0.05) is 59.5 Å². The molecular weight excluding hydrogens is 304 g/mol. The molecule has 0 aliphatic rings. The second-order valence-electron chi connectivity index (χ2n) is 3.93. The lowest BCUT2D eigenvalue weighted by molar-refractivity contribution is -0.106. The Hall–Kier alpha value is -1.10. The quantitative estimate of drug-likeness (QED) is 0.521. The minimum Gasteiger partial charge on any atom is -0.281 e. The molecule has 0 spiro atoms. The van der Waals surface area contributed by atoms with Crippen molar-refractivity contribution in [1.29, 1.82) is 0 Å². The third-order valence-corrected chi connectivity index (χ3v) is 5.55. The first-order chi connectivity index (χ1) is 9.78. The molecule has 0 amide bonds. The molecule has 2 aromatic carbocycles. The Kier molecular flexibility index (Phi) is 6.30. The predicted octanol–water partition coefficient (Wildman–Crippen LogP) is 5.43. The molecule has 0 unspecified atom stereocenters. The Labute approximate surface area is 131 Å². The number of carbonyl (C=O) groups is 1. The van der Waals surface area contributed by atoms with E-state index in [9.17, 15) is 4.79 Å². The maximum absolute atomic E-state index is 11.1. The van der Waals surface area contributed by atoms with Gasteiger partial charge in [-0.25, -0.2) is 0 Å². The Morgan fingerprint density at radius 1 is 1.00 bits per heavy atom. The molecule has 2 aromatic rings. The molecule has 0 aromatic heterocycles. The van der Waals surface area contributed by atoms with Crippen LogP contribution in [0.25, 0.3) is 0 Å². The van der Waals surface area contributed by atoms with Crippen LogP contribution >= 0.6 is 33.3 Å². The molecule has 0 radical (unpaired) electrons. The highest BCUT2D eigenvalue weighted by molar-refractivity contribution is 8.82. The van der Waals surface area contributed by atoms with Crippen LogP contribution in [0.1, 0.15) is 5.56 Å². The summed E-state index contributed by atoms with van der Waals surface area (Å²) in [4.78, 5) is 13.5. The Morgan fingerprint density at radius 3 is 2.30 bits per heavy atom. The van der Waals surface area contributed by atoms with Crippen molar-refractivity contribution in [2.45, 2.75) is 15.5 Å². The van der Waals surface area contributed by atoms with E-state index in [1.807, 2.05) is 18.2 Å². The molecule has 0 saturated heterocycles. The smallest absolute Gasteiger partial charge is 0.222 e. The maximum Gasteiger partial charge on any atom is 0.222 e. The lowest BCUT2D eigenvalue weighted by Gasteiger charge is -2.03. The first kappa shape index (κ1) is 15.3. The van der Waals surface area contributed by atoms with Gasteiger partial charge in [0.2, 0.25) is 5.12 Å². The number of hydrogen-bond donors (Lipinski definition) is 0. The summed E-state index contributed by atoms with van der Waals surface area (Å²) in [5.41, 5.74) is 1.22. The summed E-state index contributed by atoms with van der Waals surface area (Å²) in [6, 6.07) is 18.8. The van der Waals surface area contributed by atoms with E-state index in [-0.39, 0.29) is 5.12 Å². The third-order valence-electron chi connectivity index (χ3n) is 2.44. The van der Waals surface area contributed by atoms with Crippen molar-refractivity contribution in [3.63, 3.8) is 0 Å². The van der Waals surface area contributed by atoms with Gasteiger partial charge in [-0.2, -0.15) is 0 Å². The molecule has 0 aliphatic carbocycles. The molecule has 102 valence electrons. The Bertz CT molecular complexity index is 564. The summed E-state index contributed by atoms with van der Waals surface area (Å²) < 4.78 is 0. The standard InChI is InChI=1S/C16H14OS3/c1-2-16(17)20-18-12-13-8-10-15(11-9-13)19-14-6-4-3-5-7-14/h2-11H,1,12H2. The fourth-order valence-electron chi connectivity index (χ4n) is 1.47. The fourth-order valence-corrected chi connectivity index (χ4v) is 4.01. The monoisotopic (exact) mass is 318 g/mol. The van der Waals surface area contributed by atoms with Gasteiger partial charge in [0, 0.05) is 15.5 Å². The van der Waals surface area contributed by atoms with E-state index in [4.69, 9.17) is 0 Å². The number of benzene rings is 2. The van der Waals surface area contributed by atoms with Gasteiger partial charge < -0.3 is 0 Å². The average molecular weight is 318 g/mol. The zero-order valence-electron chi connectivity index (χ0n) is 10.8. The summed E-state index contributed by atoms with van der Waals surface area (Å²) in [5.74, 6) is 0.820. The van der Waals surface area contributed by atoms with Crippen molar-refractivity contribution < 1.29 is 4.79 Å². The zero-order valence-corrected chi connectivity index (χ0v) is 13.3. The minimum atomic E-state index is 0.00579. The first-order valence-corrected chi connectivity index (χ1v) is 9.19. The van der Waals surface area contributed by atoms with Crippen LogP contribution in [-0.4, -0.2) is 5.12 Å². The largest absolute Gasteiger partial charge is 0.281 e. The summed E-state index contributed by atoms with van der Waals surface area (Å²) in [7, 11) is 2.77. The second-order valence-corrected chi connectivity index (χ2v) is 7.38. The van der Waals surface area contributed by atoms with Gasteiger partial charge in [-0.15, -0.1) is 0 Å². The van der Waals surface area contributed by atoms with Crippen molar-refractivity contribution in [3.8, 4) is 0 Å². The van der Waals surface area contributed by atoms with Gasteiger partial charge >= 0.3 is 0 Å². The van der Waals surface area contributed by atoms with Crippen LogP contribution in [0, 0.1) is 0 Å². The van der Waals surface area contributed by atoms with Crippen LogP contribution in [0.15, 0.2) is 77.0 Å². The Balaban J connectivity index is 1.86. The summed E-state index contributed by atoms with van der Waals surface area (Å²) in [6.45, 7) is 3.45.